The number of pyridine rings is 1. The van der Waals surface area contributed by atoms with Crippen molar-refractivity contribution in [2.24, 2.45) is 0 Å². The molecule has 1 aliphatic carbocycles. The summed E-state index contributed by atoms with van der Waals surface area (Å²) in [5.74, 6) is 0.212. The predicted molar refractivity (Wildman–Crippen MR) is 130 cm³/mol. The molecule has 0 amide bonds. The summed E-state index contributed by atoms with van der Waals surface area (Å²) in [7, 11) is 0. The number of para-hydroxylation sites is 1. The molecule has 2 nitrogen and oxygen atoms in total. The van der Waals surface area contributed by atoms with E-state index in [9.17, 15) is 4.79 Å². The van der Waals surface area contributed by atoms with Gasteiger partial charge in [0.1, 0.15) is 0 Å². The van der Waals surface area contributed by atoms with Gasteiger partial charge >= 0.3 is 0 Å². The number of rotatable bonds is 10. The Bertz CT molecular complexity index is 1110. The van der Waals surface area contributed by atoms with Crippen LogP contribution in [0.15, 0.2) is 79.4 Å². The molecule has 1 heterocycles. The summed E-state index contributed by atoms with van der Waals surface area (Å²) in [6.07, 6.45) is 10.9. The molecule has 2 heteroatoms. The monoisotopic (exact) mass is 409 g/mol. The highest BCUT2D eigenvalue weighted by Crippen LogP contribution is 2.49. The maximum atomic E-state index is 12.9. The minimum absolute atomic E-state index is 0.212. The lowest BCUT2D eigenvalue weighted by Crippen LogP contribution is -2.18. The van der Waals surface area contributed by atoms with Gasteiger partial charge in [-0.25, -0.2) is 0 Å². The standard InChI is InChI=1S/C29H31NO/c1-3-4-6-12-22(2)26-21-24(30-27-17-10-9-16-25(26)27)15-11-18-28(31)29(19-20-29)23-13-7-5-8-14-23/h5,7-11,13-14,16-18,21H,2-4,6,12,15,19-20H2,1H3/b18-11+. The molecular weight excluding hydrogens is 378 g/mol. The number of carbonyl (C=O) groups excluding carboxylic acids is 1. The summed E-state index contributed by atoms with van der Waals surface area (Å²) in [4.78, 5) is 17.8. The van der Waals surface area contributed by atoms with Gasteiger partial charge in [-0.05, 0) is 60.6 Å². The lowest BCUT2D eigenvalue weighted by molar-refractivity contribution is -0.116. The molecule has 1 aromatic heterocycles. The number of unbranched alkanes of at least 4 members (excludes halogenated alkanes) is 2. The summed E-state index contributed by atoms with van der Waals surface area (Å²) in [6.45, 7) is 6.59. The molecule has 158 valence electrons. The summed E-state index contributed by atoms with van der Waals surface area (Å²) in [5.41, 5.74) is 5.19. The Morgan fingerprint density at radius 2 is 1.81 bits per heavy atom. The van der Waals surface area contributed by atoms with E-state index < -0.39 is 0 Å². The molecule has 0 saturated heterocycles. The molecule has 3 aromatic rings. The Morgan fingerprint density at radius 3 is 2.55 bits per heavy atom. The van der Waals surface area contributed by atoms with E-state index in [2.05, 4.69) is 49.9 Å². The van der Waals surface area contributed by atoms with Crippen LogP contribution in [0.2, 0.25) is 0 Å². The Kier molecular flexibility index (Phi) is 6.46. The van der Waals surface area contributed by atoms with E-state index in [-0.39, 0.29) is 11.2 Å². The molecule has 1 aliphatic rings. The van der Waals surface area contributed by atoms with Crippen LogP contribution in [-0.2, 0) is 16.6 Å². The Labute approximate surface area is 185 Å². The van der Waals surface area contributed by atoms with Gasteiger partial charge in [0.15, 0.2) is 5.78 Å². The molecule has 0 atom stereocenters. The molecule has 1 fully saturated rings. The van der Waals surface area contributed by atoms with Gasteiger partial charge in [-0.15, -0.1) is 0 Å². The lowest BCUT2D eigenvalue weighted by atomic mass is 9.91. The Balaban J connectivity index is 1.52. The van der Waals surface area contributed by atoms with Gasteiger partial charge in [-0.3, -0.25) is 9.78 Å². The van der Waals surface area contributed by atoms with Crippen molar-refractivity contribution in [3.8, 4) is 0 Å². The van der Waals surface area contributed by atoms with Crippen LogP contribution in [0.3, 0.4) is 0 Å². The molecule has 0 spiro atoms. The first-order valence-electron chi connectivity index (χ1n) is 11.5. The quantitative estimate of drug-likeness (QED) is 0.261. The molecule has 2 aromatic carbocycles. The van der Waals surface area contributed by atoms with Crippen molar-refractivity contribution in [3.05, 3.63) is 96.2 Å². The highest BCUT2D eigenvalue weighted by atomic mass is 16.1. The Hall–Kier alpha value is -3.00. The van der Waals surface area contributed by atoms with Gasteiger partial charge in [0.2, 0.25) is 0 Å². The summed E-state index contributed by atoms with van der Waals surface area (Å²) in [6, 6.07) is 20.6. The van der Waals surface area contributed by atoms with E-state index >= 15 is 0 Å². The molecule has 0 unspecified atom stereocenters. The van der Waals surface area contributed by atoms with Crippen LogP contribution in [0.25, 0.3) is 16.5 Å². The molecule has 0 aliphatic heterocycles. The van der Waals surface area contributed by atoms with Crippen LogP contribution < -0.4 is 0 Å². The van der Waals surface area contributed by atoms with E-state index in [1.54, 1.807) is 6.08 Å². The van der Waals surface area contributed by atoms with E-state index in [1.807, 2.05) is 30.3 Å². The van der Waals surface area contributed by atoms with E-state index in [0.717, 1.165) is 47.8 Å². The normalized spacial score (nSPS) is 14.7. The van der Waals surface area contributed by atoms with E-state index in [4.69, 9.17) is 4.98 Å². The number of ketones is 1. The van der Waals surface area contributed by atoms with Crippen LogP contribution in [-0.4, -0.2) is 10.8 Å². The summed E-state index contributed by atoms with van der Waals surface area (Å²) in [5, 5.41) is 1.16. The van der Waals surface area contributed by atoms with Crippen molar-refractivity contribution in [2.45, 2.75) is 57.3 Å². The van der Waals surface area contributed by atoms with Gasteiger partial charge < -0.3 is 0 Å². The number of aromatic nitrogens is 1. The Morgan fingerprint density at radius 1 is 1.06 bits per heavy atom. The van der Waals surface area contributed by atoms with Crippen molar-refractivity contribution in [3.63, 3.8) is 0 Å². The van der Waals surface area contributed by atoms with Crippen LogP contribution in [0.4, 0.5) is 0 Å². The molecule has 4 rings (SSSR count). The second kappa shape index (κ2) is 9.43. The smallest absolute Gasteiger partial charge is 0.165 e. The van der Waals surface area contributed by atoms with Crippen molar-refractivity contribution in [1.82, 2.24) is 4.98 Å². The van der Waals surface area contributed by atoms with Crippen molar-refractivity contribution in [2.75, 3.05) is 0 Å². The average Bonchev–Trinajstić information content (AvgIpc) is 3.61. The maximum Gasteiger partial charge on any atom is 0.165 e. The van der Waals surface area contributed by atoms with Crippen molar-refractivity contribution < 1.29 is 4.79 Å². The molecule has 1 saturated carbocycles. The zero-order valence-electron chi connectivity index (χ0n) is 18.4. The van der Waals surface area contributed by atoms with Crippen LogP contribution in [0.5, 0.6) is 0 Å². The van der Waals surface area contributed by atoms with Gasteiger partial charge in [0, 0.05) is 17.5 Å². The minimum Gasteiger partial charge on any atom is -0.294 e. The minimum atomic E-state index is -0.298. The highest BCUT2D eigenvalue weighted by Gasteiger charge is 2.49. The molecule has 0 radical (unpaired) electrons. The van der Waals surface area contributed by atoms with Crippen molar-refractivity contribution in [1.29, 1.82) is 0 Å². The molecule has 0 N–H and O–H groups in total. The largest absolute Gasteiger partial charge is 0.294 e. The topological polar surface area (TPSA) is 30.0 Å². The molecule has 0 bridgehead atoms. The fourth-order valence-corrected chi connectivity index (χ4v) is 4.36. The van der Waals surface area contributed by atoms with Crippen LogP contribution in [0.1, 0.15) is 62.3 Å². The third kappa shape index (κ3) is 4.69. The fourth-order valence-electron chi connectivity index (χ4n) is 4.36. The zero-order valence-corrected chi connectivity index (χ0v) is 18.4. The van der Waals surface area contributed by atoms with Gasteiger partial charge in [0.25, 0.3) is 0 Å². The number of hydrogen-bond acceptors (Lipinski definition) is 2. The number of hydrogen-bond donors (Lipinski definition) is 0. The highest BCUT2D eigenvalue weighted by molar-refractivity contribution is 6.01. The van der Waals surface area contributed by atoms with Gasteiger partial charge in [0.05, 0.1) is 10.9 Å². The lowest BCUT2D eigenvalue weighted by Gasteiger charge is -2.12. The third-order valence-corrected chi connectivity index (χ3v) is 6.38. The van der Waals surface area contributed by atoms with Crippen LogP contribution in [0, 0.1) is 0 Å². The summed E-state index contributed by atoms with van der Waals surface area (Å²) < 4.78 is 0. The number of benzene rings is 2. The number of carbonyl (C=O) groups is 1. The SMILES string of the molecule is C=C(CCCCC)c1cc(C/C=C/C(=O)C2(c3ccccc3)CC2)nc2ccccc12. The second-order valence-corrected chi connectivity index (χ2v) is 8.66. The first-order valence-corrected chi connectivity index (χ1v) is 11.5. The second-order valence-electron chi connectivity index (χ2n) is 8.66. The van der Waals surface area contributed by atoms with E-state index in [1.165, 1.54) is 24.0 Å². The molecule has 31 heavy (non-hydrogen) atoms. The number of fused-ring (bicyclic) bond motifs is 1. The van der Waals surface area contributed by atoms with Crippen molar-refractivity contribution >= 4 is 22.3 Å². The third-order valence-electron chi connectivity index (χ3n) is 6.38. The predicted octanol–water partition coefficient (Wildman–Crippen LogP) is 7.23. The van der Waals surface area contributed by atoms with E-state index in [0.29, 0.717) is 6.42 Å². The average molecular weight is 410 g/mol. The molecular formula is C29H31NO. The van der Waals surface area contributed by atoms with Gasteiger partial charge in [-0.2, -0.15) is 0 Å². The fraction of sp³-hybridized carbons (Fsp3) is 0.310. The van der Waals surface area contributed by atoms with Gasteiger partial charge in [-0.1, -0.05) is 81.0 Å². The van der Waals surface area contributed by atoms with Crippen LogP contribution >= 0.6 is 0 Å². The zero-order chi connectivity index (χ0) is 21.7. The maximum absolute atomic E-state index is 12.9. The first-order chi connectivity index (χ1) is 15.1. The number of allylic oxidation sites excluding steroid dienone is 3. The summed E-state index contributed by atoms with van der Waals surface area (Å²) >= 11 is 0. The number of nitrogens with zero attached hydrogens (tertiary/aromatic N) is 1. The first kappa shape index (κ1) is 21.2.